The predicted octanol–water partition coefficient (Wildman–Crippen LogP) is 4.81. The monoisotopic (exact) mass is 336 g/mol. The highest BCUT2D eigenvalue weighted by Gasteiger charge is 2.18. The second-order valence-electron chi connectivity index (χ2n) is 5.96. The molecule has 1 aromatic heterocycles. The normalized spacial score (nSPS) is 11.9. The lowest BCUT2D eigenvalue weighted by atomic mass is 10.0. The number of hydrogen-bond donors (Lipinski definition) is 1. The summed E-state index contributed by atoms with van der Waals surface area (Å²) >= 11 is 0. The van der Waals surface area contributed by atoms with E-state index in [9.17, 15) is 9.18 Å². The number of para-hydroxylation sites is 1. The number of nitrogens with zero attached hydrogens (tertiary/aromatic N) is 1. The van der Waals surface area contributed by atoms with Crippen molar-refractivity contribution < 1.29 is 9.18 Å². The van der Waals surface area contributed by atoms with Crippen molar-refractivity contribution in [3.63, 3.8) is 0 Å². The van der Waals surface area contributed by atoms with Crippen molar-refractivity contribution in [3.05, 3.63) is 90.0 Å². The molecule has 2 aromatic carbocycles. The van der Waals surface area contributed by atoms with Gasteiger partial charge in [-0.1, -0.05) is 37.3 Å². The van der Waals surface area contributed by atoms with Crippen LogP contribution < -0.4 is 5.32 Å². The van der Waals surface area contributed by atoms with Crippen LogP contribution in [0.5, 0.6) is 0 Å². The molecule has 3 aromatic rings. The molecule has 0 bridgehead atoms. The maximum atomic E-state index is 13.6. The number of carbonyl (C=O) groups is 1. The van der Waals surface area contributed by atoms with Crippen LogP contribution in [0.4, 0.5) is 10.1 Å². The van der Waals surface area contributed by atoms with Gasteiger partial charge in [0.15, 0.2) is 0 Å². The van der Waals surface area contributed by atoms with Crippen molar-refractivity contribution in [2.24, 2.45) is 0 Å². The molecule has 1 amide bonds. The number of carbonyl (C=O) groups excluding carboxylic acids is 1. The molecule has 0 saturated carbocycles. The van der Waals surface area contributed by atoms with E-state index in [2.05, 4.69) is 12.2 Å². The first-order chi connectivity index (χ1) is 12.2. The fourth-order valence-electron chi connectivity index (χ4n) is 2.99. The van der Waals surface area contributed by atoms with E-state index >= 15 is 0 Å². The van der Waals surface area contributed by atoms with Crippen LogP contribution in [0.2, 0.25) is 0 Å². The van der Waals surface area contributed by atoms with Crippen LogP contribution in [0.15, 0.2) is 73.1 Å². The van der Waals surface area contributed by atoms with Gasteiger partial charge in [-0.25, -0.2) is 4.39 Å². The lowest BCUT2D eigenvalue weighted by Crippen LogP contribution is -2.20. The maximum Gasteiger partial charge on any atom is 0.226 e. The highest BCUT2D eigenvalue weighted by molar-refractivity contribution is 5.92. The summed E-state index contributed by atoms with van der Waals surface area (Å²) in [5, 5.41) is 2.99. The first kappa shape index (κ1) is 17.0. The minimum absolute atomic E-state index is 0.0936. The van der Waals surface area contributed by atoms with Crippen LogP contribution in [-0.2, 0) is 11.2 Å². The minimum atomic E-state index is -0.300. The Balaban J connectivity index is 1.82. The van der Waals surface area contributed by atoms with Crippen molar-refractivity contribution in [2.45, 2.75) is 25.8 Å². The Bertz CT molecular complexity index is 843. The molecular weight excluding hydrogens is 315 g/mol. The van der Waals surface area contributed by atoms with Gasteiger partial charge >= 0.3 is 0 Å². The molecule has 128 valence electrons. The Kier molecular flexibility index (Phi) is 5.29. The Morgan fingerprint density at radius 1 is 1.08 bits per heavy atom. The molecule has 4 heteroatoms. The summed E-state index contributed by atoms with van der Waals surface area (Å²) in [6.07, 6.45) is 4.86. The molecule has 0 saturated heterocycles. The highest BCUT2D eigenvalue weighted by Crippen LogP contribution is 2.24. The number of nitrogens with one attached hydrogen (secondary N) is 1. The molecule has 0 radical (unpaired) electrons. The molecule has 0 fully saturated rings. The number of benzene rings is 2. The van der Waals surface area contributed by atoms with Gasteiger partial charge in [0.25, 0.3) is 0 Å². The zero-order valence-electron chi connectivity index (χ0n) is 14.2. The molecule has 3 nitrogen and oxygen atoms in total. The van der Waals surface area contributed by atoms with Crippen LogP contribution in [0, 0.1) is 5.82 Å². The van der Waals surface area contributed by atoms with Crippen molar-refractivity contribution in [1.29, 1.82) is 0 Å². The number of rotatable bonds is 6. The average Bonchev–Trinajstić information content (AvgIpc) is 3.14. The Labute approximate surface area is 147 Å². The summed E-state index contributed by atoms with van der Waals surface area (Å²) in [4.78, 5) is 12.6. The average molecular weight is 336 g/mol. The molecule has 0 aliphatic rings. The van der Waals surface area contributed by atoms with E-state index < -0.39 is 0 Å². The number of anilines is 1. The van der Waals surface area contributed by atoms with E-state index in [1.807, 2.05) is 59.4 Å². The number of halogens is 1. The molecule has 1 heterocycles. The zero-order valence-corrected chi connectivity index (χ0v) is 14.2. The van der Waals surface area contributed by atoms with Gasteiger partial charge in [-0.05, 0) is 47.9 Å². The lowest BCUT2D eigenvalue weighted by Gasteiger charge is -2.20. The fraction of sp³-hybridized carbons (Fsp3) is 0.190. The number of amides is 1. The molecule has 1 atom stereocenters. The molecule has 25 heavy (non-hydrogen) atoms. The van der Waals surface area contributed by atoms with Gasteiger partial charge in [0.1, 0.15) is 5.82 Å². The van der Waals surface area contributed by atoms with Gasteiger partial charge in [0, 0.05) is 18.1 Å². The smallest absolute Gasteiger partial charge is 0.226 e. The molecular formula is C21H21FN2O. The third kappa shape index (κ3) is 4.15. The van der Waals surface area contributed by atoms with Crippen LogP contribution in [-0.4, -0.2) is 10.5 Å². The maximum absolute atomic E-state index is 13.6. The largest absolute Gasteiger partial charge is 0.346 e. The van der Waals surface area contributed by atoms with Crippen molar-refractivity contribution in [3.8, 4) is 0 Å². The van der Waals surface area contributed by atoms with Gasteiger partial charge in [0.2, 0.25) is 5.91 Å². The molecule has 3 rings (SSSR count). The Morgan fingerprint density at radius 3 is 2.56 bits per heavy atom. The second-order valence-corrected chi connectivity index (χ2v) is 5.96. The van der Waals surface area contributed by atoms with E-state index in [0.717, 1.165) is 23.2 Å². The summed E-state index contributed by atoms with van der Waals surface area (Å²) in [6.45, 7) is 2.06. The second kappa shape index (κ2) is 7.79. The van der Waals surface area contributed by atoms with E-state index in [-0.39, 0.29) is 24.2 Å². The SMILES string of the molecule is CCc1ccccc1NC(=O)C[C@@H](c1cccc(F)c1)n1cccc1. The molecule has 0 aliphatic carbocycles. The summed E-state index contributed by atoms with van der Waals surface area (Å²) in [7, 11) is 0. The predicted molar refractivity (Wildman–Crippen MR) is 98.0 cm³/mol. The van der Waals surface area contributed by atoms with Gasteiger partial charge in [0.05, 0.1) is 12.5 Å². The van der Waals surface area contributed by atoms with E-state index in [4.69, 9.17) is 0 Å². The molecule has 0 aliphatic heterocycles. The van der Waals surface area contributed by atoms with Gasteiger partial charge in [-0.2, -0.15) is 0 Å². The minimum Gasteiger partial charge on any atom is -0.346 e. The molecule has 0 spiro atoms. The van der Waals surface area contributed by atoms with Crippen molar-refractivity contribution in [1.82, 2.24) is 4.57 Å². The van der Waals surface area contributed by atoms with Crippen molar-refractivity contribution in [2.75, 3.05) is 5.32 Å². The van der Waals surface area contributed by atoms with Crippen LogP contribution in [0.1, 0.15) is 30.5 Å². The fourth-order valence-corrected chi connectivity index (χ4v) is 2.99. The van der Waals surface area contributed by atoms with Gasteiger partial charge in [-0.15, -0.1) is 0 Å². The van der Waals surface area contributed by atoms with Crippen LogP contribution in [0.3, 0.4) is 0 Å². The quantitative estimate of drug-likeness (QED) is 0.689. The number of aryl methyl sites for hydroxylation is 1. The molecule has 1 N–H and O–H groups in total. The molecule has 0 unspecified atom stereocenters. The zero-order chi connectivity index (χ0) is 17.6. The summed E-state index contributed by atoms with van der Waals surface area (Å²) in [5.41, 5.74) is 2.70. The topological polar surface area (TPSA) is 34.0 Å². The highest BCUT2D eigenvalue weighted by atomic mass is 19.1. The summed E-state index contributed by atoms with van der Waals surface area (Å²) in [6, 6.07) is 17.7. The summed E-state index contributed by atoms with van der Waals surface area (Å²) in [5.74, 6) is -0.393. The van der Waals surface area contributed by atoms with Crippen LogP contribution in [0.25, 0.3) is 0 Å². The third-order valence-corrected chi connectivity index (χ3v) is 4.27. The number of hydrogen-bond acceptors (Lipinski definition) is 1. The van der Waals surface area contributed by atoms with E-state index in [1.165, 1.54) is 12.1 Å². The standard InChI is InChI=1S/C21H21FN2O/c1-2-16-8-3-4-11-19(16)23-21(25)15-20(24-12-5-6-13-24)17-9-7-10-18(22)14-17/h3-14,20H,2,15H2,1H3,(H,23,25)/t20-/m0/s1. The third-order valence-electron chi connectivity index (χ3n) is 4.27. The Hall–Kier alpha value is -2.88. The Morgan fingerprint density at radius 2 is 1.84 bits per heavy atom. The van der Waals surface area contributed by atoms with Gasteiger partial charge in [-0.3, -0.25) is 4.79 Å². The lowest BCUT2D eigenvalue weighted by molar-refractivity contribution is -0.116. The number of aromatic nitrogens is 1. The van der Waals surface area contributed by atoms with E-state index in [0.29, 0.717) is 0 Å². The van der Waals surface area contributed by atoms with Gasteiger partial charge < -0.3 is 9.88 Å². The van der Waals surface area contributed by atoms with E-state index in [1.54, 1.807) is 6.07 Å². The summed E-state index contributed by atoms with van der Waals surface area (Å²) < 4.78 is 15.6. The first-order valence-electron chi connectivity index (χ1n) is 8.43. The first-order valence-corrected chi connectivity index (χ1v) is 8.43. The van der Waals surface area contributed by atoms with Crippen LogP contribution >= 0.6 is 0 Å². The van der Waals surface area contributed by atoms with Crippen molar-refractivity contribution >= 4 is 11.6 Å².